The molecule has 1 aliphatic rings. The van der Waals surface area contributed by atoms with Crippen LogP contribution in [0.15, 0.2) is 0 Å². The first kappa shape index (κ1) is 13.5. The van der Waals surface area contributed by atoms with E-state index >= 15 is 0 Å². The van der Waals surface area contributed by atoms with E-state index in [2.05, 4.69) is 12.2 Å². The Hall–Kier alpha value is -0.610. The largest absolute Gasteiger partial charge is 0.458 e. The highest BCUT2D eigenvalue weighted by Gasteiger charge is 2.44. The number of carbonyl (C=O) groups is 1. The van der Waals surface area contributed by atoms with Crippen molar-refractivity contribution in [3.8, 4) is 0 Å². The summed E-state index contributed by atoms with van der Waals surface area (Å²) in [7, 11) is 1.77. The lowest BCUT2D eigenvalue weighted by Crippen LogP contribution is -2.47. The van der Waals surface area contributed by atoms with Gasteiger partial charge in [0.25, 0.3) is 0 Å². The summed E-state index contributed by atoms with van der Waals surface area (Å²) in [6.07, 6.45) is -0.00933. The number of rotatable bonds is 4. The molecule has 4 atom stereocenters. The van der Waals surface area contributed by atoms with Gasteiger partial charge in [-0.25, -0.2) is 4.79 Å². The molecule has 1 fully saturated rings. The second-order valence-corrected chi connectivity index (χ2v) is 5.67. The minimum absolute atomic E-state index is 0.190. The number of likely N-dealkylation sites (N-methyl/N-ethyl adjacent to an activating group) is 1. The van der Waals surface area contributed by atoms with Crippen LogP contribution in [0.5, 0.6) is 0 Å². The van der Waals surface area contributed by atoms with E-state index in [1.165, 1.54) is 0 Å². The van der Waals surface area contributed by atoms with Crippen LogP contribution in [-0.4, -0.2) is 35.9 Å². The van der Waals surface area contributed by atoms with Gasteiger partial charge in [-0.2, -0.15) is 0 Å². The number of carbonyl (C=O) groups excluding carboxylic acids is 1. The van der Waals surface area contributed by atoms with E-state index in [9.17, 15) is 9.90 Å². The van der Waals surface area contributed by atoms with Gasteiger partial charge in [-0.05, 0) is 46.1 Å². The van der Waals surface area contributed by atoms with Gasteiger partial charge in [-0.15, -0.1) is 0 Å². The minimum Gasteiger partial charge on any atom is -0.458 e. The molecule has 1 saturated carbocycles. The maximum absolute atomic E-state index is 11.7. The van der Waals surface area contributed by atoms with Crippen LogP contribution in [0.4, 0.5) is 0 Å². The van der Waals surface area contributed by atoms with Crippen molar-refractivity contribution in [3.63, 3.8) is 0 Å². The maximum atomic E-state index is 11.7. The Morgan fingerprint density at radius 2 is 2.00 bits per heavy atom. The lowest BCUT2D eigenvalue weighted by atomic mass is 10.0. The van der Waals surface area contributed by atoms with Crippen molar-refractivity contribution < 1.29 is 14.6 Å². The Labute approximate surface area is 97.4 Å². The van der Waals surface area contributed by atoms with Gasteiger partial charge in [-0.1, -0.05) is 6.92 Å². The smallest absolute Gasteiger partial charge is 0.337 e. The van der Waals surface area contributed by atoms with Gasteiger partial charge >= 0.3 is 5.97 Å². The third kappa shape index (κ3) is 3.46. The molecular formula is C12H23NO3. The quantitative estimate of drug-likeness (QED) is 0.704. The number of nitrogens with one attached hydrogen (secondary N) is 1. The summed E-state index contributed by atoms with van der Waals surface area (Å²) >= 11 is 0. The zero-order valence-electron chi connectivity index (χ0n) is 10.8. The first-order chi connectivity index (χ1) is 7.26. The van der Waals surface area contributed by atoms with Crippen molar-refractivity contribution in [2.45, 2.75) is 51.9 Å². The molecule has 0 saturated heterocycles. The Morgan fingerprint density at radius 3 is 2.31 bits per heavy atom. The molecule has 0 aromatic carbocycles. The van der Waals surface area contributed by atoms with Crippen LogP contribution in [0, 0.1) is 11.8 Å². The SMILES string of the molecule is CN[C@@H]([C@H]1C[C@H]1C)[C@@H](O)C(=O)OC(C)(C)C. The van der Waals surface area contributed by atoms with Crippen LogP contribution in [0.2, 0.25) is 0 Å². The van der Waals surface area contributed by atoms with Crippen molar-refractivity contribution in [1.29, 1.82) is 0 Å². The number of esters is 1. The van der Waals surface area contributed by atoms with E-state index < -0.39 is 17.7 Å². The molecule has 0 heterocycles. The van der Waals surface area contributed by atoms with Crippen LogP contribution in [0.25, 0.3) is 0 Å². The molecule has 1 rings (SSSR count). The average Bonchev–Trinajstić information content (AvgIpc) is 2.81. The van der Waals surface area contributed by atoms with Crippen LogP contribution >= 0.6 is 0 Å². The van der Waals surface area contributed by atoms with Gasteiger partial charge in [0.2, 0.25) is 0 Å². The van der Waals surface area contributed by atoms with Crippen molar-refractivity contribution in [3.05, 3.63) is 0 Å². The van der Waals surface area contributed by atoms with Crippen LogP contribution in [-0.2, 0) is 9.53 Å². The average molecular weight is 229 g/mol. The second-order valence-electron chi connectivity index (χ2n) is 5.67. The zero-order valence-corrected chi connectivity index (χ0v) is 10.8. The second kappa shape index (κ2) is 4.72. The summed E-state index contributed by atoms with van der Waals surface area (Å²) in [6.45, 7) is 7.51. The molecule has 0 radical (unpaired) electrons. The molecule has 4 nitrogen and oxygen atoms in total. The van der Waals surface area contributed by atoms with Gasteiger partial charge in [0.05, 0.1) is 0 Å². The van der Waals surface area contributed by atoms with Crippen molar-refractivity contribution >= 4 is 5.97 Å². The summed E-state index contributed by atoms with van der Waals surface area (Å²) in [4.78, 5) is 11.7. The Morgan fingerprint density at radius 1 is 1.50 bits per heavy atom. The molecule has 0 bridgehead atoms. The molecule has 0 aromatic rings. The van der Waals surface area contributed by atoms with Crippen molar-refractivity contribution in [2.75, 3.05) is 7.05 Å². The predicted octanol–water partition coefficient (Wildman–Crippen LogP) is 0.933. The molecule has 1 aliphatic carbocycles. The van der Waals surface area contributed by atoms with E-state index in [0.717, 1.165) is 6.42 Å². The molecule has 94 valence electrons. The fraction of sp³-hybridized carbons (Fsp3) is 0.917. The number of ether oxygens (including phenoxy) is 1. The van der Waals surface area contributed by atoms with Crippen LogP contribution in [0.1, 0.15) is 34.1 Å². The summed E-state index contributed by atoms with van der Waals surface area (Å²) in [5, 5.41) is 12.9. The monoisotopic (exact) mass is 229 g/mol. The third-order valence-corrected chi connectivity index (χ3v) is 2.95. The van der Waals surface area contributed by atoms with Gasteiger partial charge in [0, 0.05) is 6.04 Å². The number of aliphatic hydroxyl groups is 1. The normalized spacial score (nSPS) is 28.4. The highest BCUT2D eigenvalue weighted by atomic mass is 16.6. The highest BCUT2D eigenvalue weighted by molar-refractivity contribution is 5.75. The predicted molar refractivity (Wildman–Crippen MR) is 62.0 cm³/mol. The van der Waals surface area contributed by atoms with E-state index in [0.29, 0.717) is 11.8 Å². The van der Waals surface area contributed by atoms with Crippen LogP contribution < -0.4 is 5.32 Å². The number of aliphatic hydroxyl groups excluding tert-OH is 1. The molecule has 0 aliphatic heterocycles. The van der Waals surface area contributed by atoms with E-state index in [1.54, 1.807) is 27.8 Å². The van der Waals surface area contributed by atoms with E-state index in [1.807, 2.05) is 0 Å². The summed E-state index contributed by atoms with van der Waals surface area (Å²) in [5.74, 6) is 0.424. The van der Waals surface area contributed by atoms with Gasteiger partial charge in [0.1, 0.15) is 5.60 Å². The van der Waals surface area contributed by atoms with E-state index in [4.69, 9.17) is 4.74 Å². The van der Waals surface area contributed by atoms with Gasteiger partial charge < -0.3 is 15.2 Å². The number of hydrogen-bond donors (Lipinski definition) is 2. The lowest BCUT2D eigenvalue weighted by Gasteiger charge is -2.26. The first-order valence-electron chi connectivity index (χ1n) is 5.84. The van der Waals surface area contributed by atoms with E-state index in [-0.39, 0.29) is 6.04 Å². The lowest BCUT2D eigenvalue weighted by molar-refractivity contribution is -0.167. The molecule has 2 N–H and O–H groups in total. The highest BCUT2D eigenvalue weighted by Crippen LogP contribution is 2.41. The number of hydrogen-bond acceptors (Lipinski definition) is 4. The standard InChI is InChI=1S/C12H23NO3/c1-7-6-8(7)9(13-5)10(14)11(15)16-12(2,3)4/h7-10,13-14H,6H2,1-5H3/t7-,8+,9+,10-/m1/s1. The molecule has 4 heteroatoms. The molecular weight excluding hydrogens is 206 g/mol. The summed E-state index contributed by atoms with van der Waals surface area (Å²) in [5.41, 5.74) is -0.550. The molecule has 0 unspecified atom stereocenters. The zero-order chi connectivity index (χ0) is 12.5. The molecule has 0 amide bonds. The molecule has 0 spiro atoms. The summed E-state index contributed by atoms with van der Waals surface area (Å²) < 4.78 is 5.17. The van der Waals surface area contributed by atoms with Crippen LogP contribution in [0.3, 0.4) is 0 Å². The Balaban J connectivity index is 2.54. The van der Waals surface area contributed by atoms with Gasteiger partial charge in [0.15, 0.2) is 6.10 Å². The molecule has 16 heavy (non-hydrogen) atoms. The van der Waals surface area contributed by atoms with Gasteiger partial charge in [-0.3, -0.25) is 0 Å². The van der Waals surface area contributed by atoms with Crippen molar-refractivity contribution in [2.24, 2.45) is 11.8 Å². The fourth-order valence-electron chi connectivity index (χ4n) is 1.97. The third-order valence-electron chi connectivity index (χ3n) is 2.95. The fourth-order valence-corrected chi connectivity index (χ4v) is 1.97. The maximum Gasteiger partial charge on any atom is 0.337 e. The Kier molecular flexibility index (Phi) is 3.97. The topological polar surface area (TPSA) is 58.6 Å². The molecule has 0 aromatic heterocycles. The Bertz CT molecular complexity index is 259. The van der Waals surface area contributed by atoms with Crippen molar-refractivity contribution in [1.82, 2.24) is 5.32 Å². The first-order valence-corrected chi connectivity index (χ1v) is 5.84. The minimum atomic E-state index is -1.07. The summed E-state index contributed by atoms with van der Waals surface area (Å²) in [6, 6.07) is -0.190.